The highest BCUT2D eigenvalue weighted by Gasteiger charge is 2.24. The molecule has 0 radical (unpaired) electrons. The molecule has 0 aliphatic rings. The molecule has 41 heavy (non-hydrogen) atoms. The third-order valence-electron chi connectivity index (χ3n) is 9.18. The Morgan fingerprint density at radius 2 is 0.585 bits per heavy atom. The van der Waals surface area contributed by atoms with Crippen LogP contribution in [-0.2, 0) is 4.57 Å². The van der Waals surface area contributed by atoms with Crippen LogP contribution in [0.2, 0.25) is 0 Å². The molecule has 0 saturated heterocycles. The van der Waals surface area contributed by atoms with Crippen LogP contribution in [0, 0.1) is 0 Å². The Hall–Kier alpha value is -0.0100. The number of hydrogen-bond acceptors (Lipinski definition) is 4. The van der Waals surface area contributed by atoms with E-state index in [-0.39, 0.29) is 0 Å². The molecule has 0 aliphatic heterocycles. The minimum absolute atomic E-state index is 0.383. The molecule has 0 atom stereocenters. The van der Waals surface area contributed by atoms with Crippen molar-refractivity contribution in [3.05, 3.63) is 0 Å². The van der Waals surface area contributed by atoms with Gasteiger partial charge in [-0.1, -0.05) is 120 Å². The summed E-state index contributed by atoms with van der Waals surface area (Å²) in [5.41, 5.74) is 14.1. The number of hydrogen-bond donors (Lipinski definition) is 3. The first-order chi connectivity index (χ1) is 19.0. The maximum Gasteiger partial charge on any atom is 0.0940 e. The maximum absolute atomic E-state index is 8.55. The first kappa shape index (κ1) is 47.9. The van der Waals surface area contributed by atoms with Gasteiger partial charge in [-0.3, -0.25) is 0 Å². The van der Waals surface area contributed by atoms with Crippen LogP contribution in [0.5, 0.6) is 0 Å². The standard InChI is InChI=1S/3C11H25N.H3O4P/c3*1-4-7-8-9-10-11(12,5-2)6-3;1-5(2,3)4/h3*4-10,12H2,1-3H3;(H3,1,2,3,4). The quantitative estimate of drug-likeness (QED) is 0.116. The summed E-state index contributed by atoms with van der Waals surface area (Å²) in [6.45, 7) is 20.3. The fourth-order valence-corrected chi connectivity index (χ4v) is 4.59. The summed E-state index contributed by atoms with van der Waals surface area (Å²) < 4.78 is 8.55. The van der Waals surface area contributed by atoms with E-state index in [4.69, 9.17) is 19.2 Å². The molecular weight excluding hydrogens is 533 g/mol. The Morgan fingerprint density at radius 1 is 0.415 bits per heavy atom. The van der Waals surface area contributed by atoms with Crippen molar-refractivity contribution in [1.82, 2.24) is 0 Å². The van der Waals surface area contributed by atoms with Crippen molar-refractivity contribution in [3.8, 4) is 0 Å². The summed E-state index contributed by atoms with van der Waals surface area (Å²) >= 11 is 0. The van der Waals surface area contributed by atoms with Gasteiger partial charge in [0, 0.05) is 19.3 Å². The zero-order valence-corrected chi connectivity index (χ0v) is 30.4. The molecule has 7 nitrogen and oxygen atoms in total. The molecule has 254 valence electrons. The van der Waals surface area contributed by atoms with Crippen molar-refractivity contribution in [3.63, 3.8) is 0 Å². The minimum atomic E-state index is -5.39. The highest BCUT2D eigenvalue weighted by molar-refractivity contribution is 7.40. The van der Waals surface area contributed by atoms with Crippen LogP contribution in [-0.4, -0.2) is 16.6 Å². The van der Waals surface area contributed by atoms with E-state index < -0.39 is 7.82 Å². The zero-order chi connectivity index (χ0) is 32.8. The summed E-state index contributed by atoms with van der Waals surface area (Å²) in [6.07, 6.45) is 27.8. The lowest BCUT2D eigenvalue weighted by molar-refractivity contribution is -0.482. The van der Waals surface area contributed by atoms with Crippen LogP contribution < -0.4 is 31.9 Å². The van der Waals surface area contributed by atoms with Crippen molar-refractivity contribution in [1.29, 1.82) is 0 Å². The molecule has 0 aliphatic carbocycles. The first-order valence-corrected chi connectivity index (χ1v) is 18.8. The molecule has 0 aromatic carbocycles. The zero-order valence-electron chi connectivity index (χ0n) is 29.6. The third kappa shape index (κ3) is 38.0. The van der Waals surface area contributed by atoms with E-state index in [0.29, 0.717) is 16.6 Å². The number of unbranched alkanes of at least 4 members (excludes halogenated alkanes) is 9. The molecule has 0 bridgehead atoms. The Morgan fingerprint density at radius 3 is 0.707 bits per heavy atom. The third-order valence-corrected chi connectivity index (χ3v) is 9.18. The van der Waals surface area contributed by atoms with Gasteiger partial charge in [0.25, 0.3) is 0 Å². The summed E-state index contributed by atoms with van der Waals surface area (Å²) in [6, 6.07) is 0. The molecule has 0 rings (SSSR count). The summed E-state index contributed by atoms with van der Waals surface area (Å²) in [4.78, 5) is 25.6. The fraction of sp³-hybridized carbons (Fsp3) is 1.00. The Bertz CT molecular complexity index is 491. The van der Waals surface area contributed by atoms with Crippen LogP contribution in [0.15, 0.2) is 0 Å². The van der Waals surface area contributed by atoms with Crippen LogP contribution in [0.4, 0.5) is 0 Å². The SMILES string of the molecule is CCCCCCC([NH3+])(CC)CC.CCCCCCC([NH3+])(CC)CC.CCCCCCC([NH3+])(CC)CC.O=P([O-])([O-])[O-]. The minimum Gasteiger partial charge on any atom is -0.822 e. The molecule has 0 amide bonds. The van der Waals surface area contributed by atoms with E-state index in [9.17, 15) is 0 Å². The molecule has 0 unspecified atom stereocenters. The number of rotatable bonds is 21. The molecule has 0 aromatic heterocycles. The highest BCUT2D eigenvalue weighted by atomic mass is 31.2. The van der Waals surface area contributed by atoms with Gasteiger partial charge in [0.2, 0.25) is 0 Å². The largest absolute Gasteiger partial charge is 0.822 e. The van der Waals surface area contributed by atoms with Crippen molar-refractivity contribution in [2.75, 3.05) is 0 Å². The summed E-state index contributed by atoms with van der Waals surface area (Å²) in [5, 5.41) is 0. The lowest BCUT2D eigenvalue weighted by atomic mass is 9.88. The second kappa shape index (κ2) is 30.0. The average molecular weight is 612 g/mol. The van der Waals surface area contributed by atoms with Crippen molar-refractivity contribution in [2.24, 2.45) is 0 Å². The monoisotopic (exact) mass is 612 g/mol. The molecule has 0 fully saturated rings. The lowest BCUT2D eigenvalue weighted by Gasteiger charge is -2.36. The molecule has 9 N–H and O–H groups in total. The molecule has 0 aromatic rings. The van der Waals surface area contributed by atoms with Crippen molar-refractivity contribution >= 4 is 7.82 Å². The van der Waals surface area contributed by atoms with Crippen molar-refractivity contribution < 1.29 is 36.4 Å². The Balaban J connectivity index is -0.000000231. The van der Waals surface area contributed by atoms with Gasteiger partial charge in [-0.15, -0.1) is 0 Å². The number of quaternary nitrogens is 3. The number of phosphoric acid groups is 1. The predicted octanol–water partition coefficient (Wildman–Crippen LogP) is 5.45. The van der Waals surface area contributed by atoms with Gasteiger partial charge in [0.1, 0.15) is 0 Å². The molecule has 0 saturated carbocycles. The average Bonchev–Trinajstić information content (AvgIpc) is 2.95. The normalized spacial score (nSPS) is 12.0. The molecule has 0 heterocycles. The summed E-state index contributed by atoms with van der Waals surface area (Å²) in [7, 11) is -5.39. The summed E-state index contributed by atoms with van der Waals surface area (Å²) in [5.74, 6) is 0. The van der Waals surface area contributed by atoms with E-state index in [1.807, 2.05) is 0 Å². The van der Waals surface area contributed by atoms with Gasteiger partial charge in [0.05, 0.1) is 16.6 Å². The van der Waals surface area contributed by atoms with Gasteiger partial charge in [-0.05, 0) is 57.8 Å². The van der Waals surface area contributed by atoms with E-state index >= 15 is 0 Å². The maximum atomic E-state index is 8.55. The Labute approximate surface area is 257 Å². The molecule has 0 spiro atoms. The second-order valence-electron chi connectivity index (χ2n) is 12.5. The second-order valence-corrected chi connectivity index (χ2v) is 13.4. The predicted molar refractivity (Wildman–Crippen MR) is 172 cm³/mol. The van der Waals surface area contributed by atoms with Gasteiger partial charge >= 0.3 is 0 Å². The smallest absolute Gasteiger partial charge is 0.0940 e. The highest BCUT2D eigenvalue weighted by Crippen LogP contribution is 2.19. The van der Waals surface area contributed by atoms with Gasteiger partial charge in [-0.2, -0.15) is 7.82 Å². The van der Waals surface area contributed by atoms with Crippen LogP contribution in [0.3, 0.4) is 0 Å². The van der Waals surface area contributed by atoms with Crippen LogP contribution >= 0.6 is 7.82 Å². The lowest BCUT2D eigenvalue weighted by Crippen LogP contribution is -2.72. The van der Waals surface area contributed by atoms with Gasteiger partial charge in [-0.25, -0.2) is 0 Å². The van der Waals surface area contributed by atoms with Crippen LogP contribution in [0.1, 0.15) is 197 Å². The van der Waals surface area contributed by atoms with Gasteiger partial charge < -0.3 is 36.4 Å². The molecular formula is C33H78N3O4P. The van der Waals surface area contributed by atoms with Gasteiger partial charge in [0.15, 0.2) is 0 Å². The fourth-order valence-electron chi connectivity index (χ4n) is 4.59. The van der Waals surface area contributed by atoms with Crippen LogP contribution in [0.25, 0.3) is 0 Å². The van der Waals surface area contributed by atoms with E-state index in [2.05, 4.69) is 79.5 Å². The molecule has 8 heteroatoms. The van der Waals surface area contributed by atoms with E-state index in [1.165, 1.54) is 135 Å². The van der Waals surface area contributed by atoms with E-state index in [1.54, 1.807) is 0 Å². The van der Waals surface area contributed by atoms with Crippen molar-refractivity contribution in [2.45, 2.75) is 214 Å². The van der Waals surface area contributed by atoms with E-state index in [0.717, 1.165) is 0 Å². The Kier molecular flexibility index (Phi) is 35.1. The topological polar surface area (TPSA) is 169 Å². The first-order valence-electron chi connectivity index (χ1n) is 17.3.